The van der Waals surface area contributed by atoms with Gasteiger partial charge in [-0.15, -0.1) is 0 Å². The Kier molecular flexibility index (Phi) is 31.3. The average molecular weight is 142 g/mol. The molecule has 0 unspecified atom stereocenters. The molecule has 0 fully saturated rings. The van der Waals surface area contributed by atoms with E-state index in [0.717, 1.165) is 7.11 Å². The van der Waals surface area contributed by atoms with Crippen LogP contribution in [-0.4, -0.2) is 13.2 Å². The Balaban J connectivity index is -0.0000000750. The summed E-state index contributed by atoms with van der Waals surface area (Å²) in [6.45, 7) is 5.00. The van der Waals surface area contributed by atoms with Gasteiger partial charge in [0.15, 0.2) is 0 Å². The molecule has 0 aliphatic rings. The number of ether oxygens (including phenoxy) is 1. The van der Waals surface area contributed by atoms with Gasteiger partial charge < -0.3 is 17.4 Å². The Bertz CT molecular complexity index is 49.3. The zero-order chi connectivity index (χ0) is 6.28. The van der Waals surface area contributed by atoms with E-state index in [0.29, 0.717) is 0 Å². The first kappa shape index (κ1) is 16.0. The zero-order valence-corrected chi connectivity index (χ0v) is 8.65. The molecule has 0 heterocycles. The van der Waals surface area contributed by atoms with Crippen molar-refractivity contribution in [2.24, 2.45) is 0 Å². The SMILES string of the molecule is COC([NH-])=O.[CH2-]C.[K+]. The summed E-state index contributed by atoms with van der Waals surface area (Å²) in [6, 6.07) is 0. The molecule has 44 valence electrons. The minimum atomic E-state index is -0.995. The molecule has 0 spiro atoms. The van der Waals surface area contributed by atoms with E-state index in [1.807, 2.05) is 0 Å². The molecule has 4 heteroatoms. The molecule has 0 bridgehead atoms. The van der Waals surface area contributed by atoms with E-state index in [-0.39, 0.29) is 51.4 Å². The quantitative estimate of drug-likeness (QED) is 0.310. The average Bonchev–Trinajstić information content (AvgIpc) is 1.73. The van der Waals surface area contributed by atoms with Crippen LogP contribution in [0.25, 0.3) is 5.73 Å². The van der Waals surface area contributed by atoms with Crippen molar-refractivity contribution in [2.45, 2.75) is 6.92 Å². The first-order chi connectivity index (χ1) is 3.27. The molecule has 3 nitrogen and oxygen atoms in total. The van der Waals surface area contributed by atoms with Gasteiger partial charge in [0.1, 0.15) is 0 Å². The molecular formula is C4H9KNO2-. The molecule has 0 radical (unpaired) electrons. The Labute approximate surface area is 92.4 Å². The molecular weight excluding hydrogens is 133 g/mol. The van der Waals surface area contributed by atoms with Crippen molar-refractivity contribution in [1.82, 2.24) is 0 Å². The van der Waals surface area contributed by atoms with Crippen LogP contribution in [0.5, 0.6) is 0 Å². The minimum absolute atomic E-state index is 0. The first-order valence-electron chi connectivity index (χ1n) is 1.77. The number of carbonyl (C=O) groups is 1. The monoisotopic (exact) mass is 142 g/mol. The van der Waals surface area contributed by atoms with E-state index in [4.69, 9.17) is 5.73 Å². The first-order valence-corrected chi connectivity index (χ1v) is 1.77. The number of carbonyl (C=O) groups excluding carboxylic acids is 1. The zero-order valence-electron chi connectivity index (χ0n) is 5.52. The van der Waals surface area contributed by atoms with Gasteiger partial charge in [-0.1, -0.05) is 0 Å². The Morgan fingerprint density at radius 3 is 1.75 bits per heavy atom. The van der Waals surface area contributed by atoms with Crippen LogP contribution in [0.4, 0.5) is 4.79 Å². The molecule has 0 saturated heterocycles. The van der Waals surface area contributed by atoms with Crippen LogP contribution in [0.1, 0.15) is 6.92 Å². The predicted octanol–water partition coefficient (Wildman–Crippen LogP) is -1.35. The Morgan fingerprint density at radius 1 is 1.62 bits per heavy atom. The second-order valence-corrected chi connectivity index (χ2v) is 0.492. The predicted molar refractivity (Wildman–Crippen MR) is 27.8 cm³/mol. The molecule has 0 atom stereocenters. The number of hydrogen-bond donors (Lipinski definition) is 0. The van der Waals surface area contributed by atoms with Crippen LogP contribution in [0, 0.1) is 6.92 Å². The van der Waals surface area contributed by atoms with E-state index >= 15 is 0 Å². The second-order valence-electron chi connectivity index (χ2n) is 0.492. The number of rotatable bonds is 0. The molecule has 8 heavy (non-hydrogen) atoms. The Morgan fingerprint density at radius 2 is 1.75 bits per heavy atom. The van der Waals surface area contributed by atoms with E-state index < -0.39 is 6.09 Å². The van der Waals surface area contributed by atoms with Crippen molar-refractivity contribution < 1.29 is 60.9 Å². The van der Waals surface area contributed by atoms with Gasteiger partial charge in [0.2, 0.25) is 6.09 Å². The van der Waals surface area contributed by atoms with Gasteiger partial charge in [0, 0.05) is 0 Å². The summed E-state index contributed by atoms with van der Waals surface area (Å²) in [6.07, 6.45) is -0.995. The molecule has 0 aromatic heterocycles. The maximum Gasteiger partial charge on any atom is 1.00 e. The summed E-state index contributed by atoms with van der Waals surface area (Å²) in [5.74, 6) is 0. The smallest absolute Gasteiger partial charge is 0.632 e. The fraction of sp³-hybridized carbons (Fsp3) is 0.500. The number of hydrogen-bond acceptors (Lipinski definition) is 2. The number of methoxy groups -OCH3 is 1. The Hall–Kier alpha value is 0.906. The van der Waals surface area contributed by atoms with E-state index in [1.165, 1.54) is 0 Å². The van der Waals surface area contributed by atoms with Crippen molar-refractivity contribution in [3.63, 3.8) is 0 Å². The van der Waals surface area contributed by atoms with Crippen molar-refractivity contribution >= 4 is 6.09 Å². The van der Waals surface area contributed by atoms with Crippen molar-refractivity contribution in [3.8, 4) is 0 Å². The summed E-state index contributed by atoms with van der Waals surface area (Å²) >= 11 is 0. The number of amides is 1. The molecule has 0 aliphatic heterocycles. The summed E-state index contributed by atoms with van der Waals surface area (Å²) < 4.78 is 3.78. The maximum atomic E-state index is 9.26. The van der Waals surface area contributed by atoms with Gasteiger partial charge in [-0.05, 0) is 0 Å². The molecule has 1 N–H and O–H groups in total. The van der Waals surface area contributed by atoms with E-state index in [1.54, 1.807) is 6.92 Å². The van der Waals surface area contributed by atoms with Crippen LogP contribution in [0.2, 0.25) is 0 Å². The van der Waals surface area contributed by atoms with Crippen molar-refractivity contribution in [1.29, 1.82) is 0 Å². The van der Waals surface area contributed by atoms with Crippen LogP contribution in [0.3, 0.4) is 0 Å². The number of nitrogens with one attached hydrogen (secondary N) is 1. The molecule has 0 aliphatic carbocycles. The fourth-order valence-corrected chi connectivity index (χ4v) is 0. The van der Waals surface area contributed by atoms with Gasteiger partial charge in [-0.3, -0.25) is 4.79 Å². The van der Waals surface area contributed by atoms with Crippen LogP contribution in [-0.2, 0) is 4.74 Å². The molecule has 0 aromatic rings. The minimum Gasteiger partial charge on any atom is -0.632 e. The topological polar surface area (TPSA) is 50.1 Å². The van der Waals surface area contributed by atoms with Gasteiger partial charge in [0.25, 0.3) is 0 Å². The van der Waals surface area contributed by atoms with Crippen LogP contribution >= 0.6 is 0 Å². The van der Waals surface area contributed by atoms with Crippen molar-refractivity contribution in [3.05, 3.63) is 12.7 Å². The summed E-state index contributed by atoms with van der Waals surface area (Å²) in [4.78, 5) is 9.26. The van der Waals surface area contributed by atoms with E-state index in [2.05, 4.69) is 11.7 Å². The van der Waals surface area contributed by atoms with E-state index in [9.17, 15) is 4.79 Å². The summed E-state index contributed by atoms with van der Waals surface area (Å²) in [7, 11) is 1.16. The molecule has 1 amide bonds. The van der Waals surface area contributed by atoms with Gasteiger partial charge >= 0.3 is 51.4 Å². The van der Waals surface area contributed by atoms with Gasteiger partial charge in [-0.25, -0.2) is 0 Å². The van der Waals surface area contributed by atoms with Gasteiger partial charge in [-0.2, -0.15) is 6.92 Å². The fourth-order valence-electron chi connectivity index (χ4n) is 0. The third kappa shape index (κ3) is 28.5. The third-order valence-electron chi connectivity index (χ3n) is 0.185. The molecule has 0 rings (SSSR count). The summed E-state index contributed by atoms with van der Waals surface area (Å²) in [5, 5.41) is 0. The normalized spacial score (nSPS) is 4.88. The standard InChI is InChI=1S/C2H5NO2.C2H5.K/c1-5-2(3)4;1-2;/h1H3,(H2,3,4);1H2,2H3;/q;-1;+1/p-1. The largest absolute Gasteiger partial charge is 1.00 e. The second kappa shape index (κ2) is 15.7. The van der Waals surface area contributed by atoms with Gasteiger partial charge in [0.05, 0.1) is 7.11 Å². The van der Waals surface area contributed by atoms with Crippen LogP contribution < -0.4 is 51.4 Å². The van der Waals surface area contributed by atoms with Crippen molar-refractivity contribution in [2.75, 3.05) is 7.11 Å². The maximum absolute atomic E-state index is 9.26. The van der Waals surface area contributed by atoms with Crippen LogP contribution in [0.15, 0.2) is 0 Å². The summed E-state index contributed by atoms with van der Waals surface area (Å²) in [5.41, 5.74) is 5.97. The molecule has 0 aromatic carbocycles. The molecule has 0 saturated carbocycles. The third-order valence-corrected chi connectivity index (χ3v) is 0.185.